The number of allylic oxidation sites excluding steroid dienone is 3. The van der Waals surface area contributed by atoms with Gasteiger partial charge in [0.2, 0.25) is 0 Å². The van der Waals surface area contributed by atoms with Crippen LogP contribution in [0, 0.1) is 28.6 Å². The zero-order valence-electron chi connectivity index (χ0n) is 16.6. The first kappa shape index (κ1) is 18.0. The Kier molecular flexibility index (Phi) is 4.20. The Bertz CT molecular complexity index is 702. The Labute approximate surface area is 157 Å². The van der Waals surface area contributed by atoms with Gasteiger partial charge in [-0.25, -0.2) is 0 Å². The minimum atomic E-state index is -0.166. The minimum absolute atomic E-state index is 0.0456. The number of hydrogen-bond acceptors (Lipinski definition) is 3. The molecule has 6 atom stereocenters. The summed E-state index contributed by atoms with van der Waals surface area (Å²) in [6, 6.07) is 0. The number of rotatable bonds is 2. The lowest BCUT2D eigenvalue weighted by molar-refractivity contribution is -0.148. The molecule has 0 amide bonds. The van der Waals surface area contributed by atoms with Crippen LogP contribution in [0.2, 0.25) is 0 Å². The van der Waals surface area contributed by atoms with Gasteiger partial charge in [0.15, 0.2) is 0 Å². The minimum Gasteiger partial charge on any atom is -0.462 e. The highest BCUT2D eigenvalue weighted by Gasteiger charge is 2.57. The van der Waals surface area contributed by atoms with Crippen LogP contribution in [0.3, 0.4) is 0 Å². The summed E-state index contributed by atoms with van der Waals surface area (Å²) in [4.78, 5) is 23.6. The third-order valence-corrected chi connectivity index (χ3v) is 8.35. The molecule has 0 heterocycles. The molecule has 0 aliphatic heterocycles. The Balaban J connectivity index is 1.64. The summed E-state index contributed by atoms with van der Waals surface area (Å²) in [6.45, 7) is 8.09. The van der Waals surface area contributed by atoms with Crippen LogP contribution in [0.25, 0.3) is 0 Å². The van der Waals surface area contributed by atoms with Crippen LogP contribution in [-0.2, 0) is 14.3 Å². The molecule has 4 aliphatic rings. The number of Topliss-reactive ketones (excluding diaryl/α,β-unsaturated/α-hetero) is 1. The first-order valence-electron chi connectivity index (χ1n) is 10.3. The summed E-state index contributed by atoms with van der Waals surface area (Å²) in [6.07, 6.45) is 12.3. The molecule has 0 N–H and O–H groups in total. The summed E-state index contributed by atoms with van der Waals surface area (Å²) < 4.78 is 5.51. The normalized spacial score (nSPS) is 44.2. The summed E-state index contributed by atoms with van der Waals surface area (Å²) >= 11 is 0. The maximum absolute atomic E-state index is 12.2. The third-order valence-electron chi connectivity index (χ3n) is 8.35. The van der Waals surface area contributed by atoms with Crippen LogP contribution in [0.1, 0.15) is 72.6 Å². The van der Waals surface area contributed by atoms with Gasteiger partial charge in [-0.1, -0.05) is 37.1 Å². The van der Waals surface area contributed by atoms with E-state index in [4.69, 9.17) is 4.74 Å². The maximum atomic E-state index is 12.2. The number of esters is 1. The van der Waals surface area contributed by atoms with Crippen LogP contribution in [0.5, 0.6) is 0 Å². The van der Waals surface area contributed by atoms with E-state index >= 15 is 0 Å². The van der Waals surface area contributed by atoms with Gasteiger partial charge in [0.1, 0.15) is 11.9 Å². The van der Waals surface area contributed by atoms with Crippen LogP contribution < -0.4 is 0 Å². The fourth-order valence-corrected chi connectivity index (χ4v) is 6.97. The second-order valence-electron chi connectivity index (χ2n) is 9.64. The van der Waals surface area contributed by atoms with E-state index in [1.54, 1.807) is 12.5 Å². The number of ether oxygens (including phenoxy) is 1. The molecule has 142 valence electrons. The van der Waals surface area contributed by atoms with E-state index in [2.05, 4.69) is 26.0 Å². The predicted molar refractivity (Wildman–Crippen MR) is 101 cm³/mol. The van der Waals surface area contributed by atoms with E-state index in [1.807, 2.05) is 0 Å². The van der Waals surface area contributed by atoms with E-state index in [9.17, 15) is 9.59 Å². The Morgan fingerprint density at radius 1 is 1.00 bits per heavy atom. The second-order valence-corrected chi connectivity index (χ2v) is 9.64. The topological polar surface area (TPSA) is 43.4 Å². The molecule has 3 heteroatoms. The van der Waals surface area contributed by atoms with Gasteiger partial charge in [0, 0.05) is 19.3 Å². The Hall–Kier alpha value is -1.38. The summed E-state index contributed by atoms with van der Waals surface area (Å²) in [7, 11) is 0. The van der Waals surface area contributed by atoms with Crippen molar-refractivity contribution in [3.8, 4) is 0 Å². The molecule has 0 aromatic carbocycles. The summed E-state index contributed by atoms with van der Waals surface area (Å²) in [5.74, 6) is 1.63. The molecule has 0 aromatic rings. The van der Waals surface area contributed by atoms with Crippen LogP contribution in [0.15, 0.2) is 23.3 Å². The van der Waals surface area contributed by atoms with Crippen molar-refractivity contribution in [3.05, 3.63) is 23.3 Å². The Morgan fingerprint density at radius 2 is 1.77 bits per heavy atom. The quantitative estimate of drug-likeness (QED) is 0.654. The smallest absolute Gasteiger partial charge is 0.302 e. The fourth-order valence-electron chi connectivity index (χ4n) is 6.97. The molecule has 0 radical (unpaired) electrons. The van der Waals surface area contributed by atoms with Gasteiger partial charge >= 0.3 is 5.97 Å². The lowest BCUT2D eigenvalue weighted by Crippen LogP contribution is -2.46. The monoisotopic (exact) mass is 356 g/mol. The van der Waals surface area contributed by atoms with Gasteiger partial charge in [-0.3, -0.25) is 9.59 Å². The number of carbonyl (C=O) groups excluding carboxylic acids is 2. The van der Waals surface area contributed by atoms with Crippen molar-refractivity contribution in [1.29, 1.82) is 0 Å². The number of carbonyl (C=O) groups is 2. The van der Waals surface area contributed by atoms with Crippen LogP contribution in [0.4, 0.5) is 0 Å². The molecule has 0 spiro atoms. The molecular weight excluding hydrogens is 324 g/mol. The van der Waals surface area contributed by atoms with Gasteiger partial charge in [-0.15, -0.1) is 0 Å². The molecule has 0 bridgehead atoms. The molecule has 3 fully saturated rings. The highest BCUT2D eigenvalue weighted by molar-refractivity contribution is 5.79. The van der Waals surface area contributed by atoms with Crippen molar-refractivity contribution < 1.29 is 14.3 Å². The summed E-state index contributed by atoms with van der Waals surface area (Å²) in [5.41, 5.74) is 3.44. The van der Waals surface area contributed by atoms with Gasteiger partial charge in [-0.2, -0.15) is 0 Å². The highest BCUT2D eigenvalue weighted by atomic mass is 16.5. The average molecular weight is 357 g/mol. The van der Waals surface area contributed by atoms with Crippen molar-refractivity contribution in [2.45, 2.75) is 78.7 Å². The first-order chi connectivity index (χ1) is 12.3. The van der Waals surface area contributed by atoms with Crippen molar-refractivity contribution in [1.82, 2.24) is 0 Å². The molecule has 4 rings (SSSR count). The lowest BCUT2D eigenvalue weighted by Gasteiger charge is -2.54. The third kappa shape index (κ3) is 2.53. The largest absolute Gasteiger partial charge is 0.462 e. The van der Waals surface area contributed by atoms with Crippen LogP contribution >= 0.6 is 0 Å². The predicted octanol–water partition coefficient (Wildman–Crippen LogP) is 5.01. The van der Waals surface area contributed by atoms with E-state index in [1.165, 1.54) is 31.8 Å². The van der Waals surface area contributed by atoms with Gasteiger partial charge in [0.25, 0.3) is 0 Å². The molecule has 26 heavy (non-hydrogen) atoms. The van der Waals surface area contributed by atoms with Crippen molar-refractivity contribution in [2.75, 3.05) is 0 Å². The molecule has 3 nitrogen and oxygen atoms in total. The molecule has 0 saturated heterocycles. The maximum Gasteiger partial charge on any atom is 0.302 e. The molecule has 3 saturated carbocycles. The fraction of sp³-hybridized carbons (Fsp3) is 0.739. The molecular formula is C23H32O3. The number of fused-ring (bicyclic) bond motifs is 5. The van der Waals surface area contributed by atoms with Crippen molar-refractivity contribution in [2.24, 2.45) is 28.6 Å². The molecule has 5 unspecified atom stereocenters. The molecule has 4 aliphatic carbocycles. The SMILES string of the molecule is CC(=O)OC1CC[C@]2(C)C(=CC=C3C4CCC(C(C)=O)C4(C)CCC32)C1. The zero-order chi connectivity index (χ0) is 18.7. The van der Waals surface area contributed by atoms with Crippen molar-refractivity contribution >= 4 is 11.8 Å². The van der Waals surface area contributed by atoms with E-state index in [0.29, 0.717) is 17.6 Å². The standard InChI is InChI=1S/C23H32O3/c1-14(24)19-7-8-20-18-6-5-16-13-17(26-15(2)25)9-11-22(16,3)21(18)10-12-23(19,20)4/h5-6,17,19-21H,7-13H2,1-4H3/t17?,19?,20?,21?,22-,23?/m1/s1. The van der Waals surface area contributed by atoms with Gasteiger partial charge in [-0.05, 0) is 68.1 Å². The van der Waals surface area contributed by atoms with E-state index in [-0.39, 0.29) is 28.8 Å². The van der Waals surface area contributed by atoms with E-state index in [0.717, 1.165) is 25.7 Å². The lowest BCUT2D eigenvalue weighted by atomic mass is 9.50. The second kappa shape index (κ2) is 6.07. The van der Waals surface area contributed by atoms with Gasteiger partial charge < -0.3 is 4.74 Å². The van der Waals surface area contributed by atoms with Gasteiger partial charge in [0.05, 0.1) is 0 Å². The van der Waals surface area contributed by atoms with E-state index < -0.39 is 0 Å². The highest BCUT2D eigenvalue weighted by Crippen LogP contribution is 2.65. The Morgan fingerprint density at radius 3 is 2.46 bits per heavy atom. The number of hydrogen-bond donors (Lipinski definition) is 0. The van der Waals surface area contributed by atoms with Crippen molar-refractivity contribution in [3.63, 3.8) is 0 Å². The zero-order valence-corrected chi connectivity index (χ0v) is 16.6. The first-order valence-corrected chi connectivity index (χ1v) is 10.3. The summed E-state index contributed by atoms with van der Waals surface area (Å²) in [5, 5.41) is 0. The molecule has 0 aromatic heterocycles. The van der Waals surface area contributed by atoms with Crippen LogP contribution in [-0.4, -0.2) is 17.9 Å². The average Bonchev–Trinajstić information content (AvgIpc) is 2.92. The number of ketones is 1.